The summed E-state index contributed by atoms with van der Waals surface area (Å²) in [6.45, 7) is 3.78. The van der Waals surface area contributed by atoms with Gasteiger partial charge in [-0.1, -0.05) is 59.3 Å². The topological polar surface area (TPSA) is 61.8 Å². The van der Waals surface area contributed by atoms with E-state index in [2.05, 4.69) is 12.3 Å². The third-order valence-electron chi connectivity index (χ3n) is 4.45. The molecule has 1 saturated carbocycles. The summed E-state index contributed by atoms with van der Waals surface area (Å²) in [6.07, 6.45) is 10.4. The maximum atomic E-state index is 11.1. The Hall–Kier alpha value is -1.59. The summed E-state index contributed by atoms with van der Waals surface area (Å²) < 4.78 is 5.07. The summed E-state index contributed by atoms with van der Waals surface area (Å²) >= 11 is 0. The van der Waals surface area contributed by atoms with Gasteiger partial charge in [0.05, 0.1) is 7.11 Å². The number of ether oxygens (including phenoxy) is 1. The molecule has 1 aliphatic carbocycles. The van der Waals surface area contributed by atoms with E-state index in [0.717, 1.165) is 11.1 Å². The second-order valence-corrected chi connectivity index (χ2v) is 6.27. The first-order valence-corrected chi connectivity index (χ1v) is 8.88. The predicted molar refractivity (Wildman–Crippen MR) is 105 cm³/mol. The van der Waals surface area contributed by atoms with Crippen molar-refractivity contribution in [1.29, 1.82) is 0 Å². The summed E-state index contributed by atoms with van der Waals surface area (Å²) in [5, 5.41) is 10.3. The van der Waals surface area contributed by atoms with Crippen molar-refractivity contribution in [3.8, 4) is 5.75 Å². The molecule has 0 atom stereocenters. The first-order valence-electron chi connectivity index (χ1n) is 8.88. The van der Waals surface area contributed by atoms with Crippen LogP contribution in [0.5, 0.6) is 5.75 Å². The lowest BCUT2D eigenvalue weighted by atomic mass is 9.86. The molecule has 1 aliphatic rings. The summed E-state index contributed by atoms with van der Waals surface area (Å²) in [5.74, 6) is 1.48. The molecule has 0 radical (unpaired) electrons. The Bertz CT molecular complexity index is 497. The van der Waals surface area contributed by atoms with Crippen molar-refractivity contribution in [2.45, 2.75) is 66.2 Å². The van der Waals surface area contributed by atoms with E-state index in [1.807, 2.05) is 0 Å². The number of carbonyl (C=O) groups is 1. The van der Waals surface area contributed by atoms with Gasteiger partial charge in [-0.15, -0.1) is 0 Å². The molecule has 0 aliphatic heterocycles. The van der Waals surface area contributed by atoms with Crippen LogP contribution < -0.4 is 15.3 Å². The molecule has 0 unspecified atom stereocenters. The number of rotatable bonds is 6. The normalized spacial score (nSPS) is 14.0. The number of nitrogens with zero attached hydrogens (tertiary/aromatic N) is 1. The smallest absolute Gasteiger partial charge is 0.159 e. The first-order chi connectivity index (χ1) is 11.5. The first kappa shape index (κ1) is 23.4. The lowest BCUT2D eigenvalue weighted by Crippen LogP contribution is -2.31. The number of hydrazine groups is 1. The number of hydrogen-bond donors (Lipinski definition) is 2. The molecule has 5 heteroatoms. The van der Waals surface area contributed by atoms with Crippen LogP contribution in [0.4, 0.5) is 5.69 Å². The van der Waals surface area contributed by atoms with E-state index in [4.69, 9.17) is 4.74 Å². The number of Topliss-reactive ketones (excluding diaryl/α,β-unsaturated/α-hetero) is 1. The van der Waals surface area contributed by atoms with Gasteiger partial charge in [-0.2, -0.15) is 5.17 Å². The largest absolute Gasteiger partial charge is 0.494 e. The molecule has 0 amide bonds. The standard InChI is InChI=1S/C10H14N2O3.C9H18.CH4/c1-7(13)8-4-5-9(12(14)11-2)10(6-8)15-3;1-2-6-9-7-4-3-5-8-9;/h4-6,11,14H,1-3H3;9H,2-8H2,1H3;1H4. The minimum atomic E-state index is -0.0474. The van der Waals surface area contributed by atoms with Crippen LogP contribution in [0.2, 0.25) is 0 Å². The molecule has 25 heavy (non-hydrogen) atoms. The van der Waals surface area contributed by atoms with Gasteiger partial charge in [-0.25, -0.2) is 5.43 Å². The molecule has 144 valence electrons. The van der Waals surface area contributed by atoms with Crippen molar-refractivity contribution in [1.82, 2.24) is 5.43 Å². The van der Waals surface area contributed by atoms with E-state index in [0.29, 0.717) is 17.0 Å². The molecular formula is C20H36N2O3. The van der Waals surface area contributed by atoms with Crippen LogP contribution in [0.3, 0.4) is 0 Å². The van der Waals surface area contributed by atoms with E-state index in [1.165, 1.54) is 59.0 Å². The SMILES string of the molecule is C.CCCC1CCCCC1.CNN(O)c1ccc(C(C)=O)cc1OC. The van der Waals surface area contributed by atoms with Crippen molar-refractivity contribution in [2.75, 3.05) is 19.3 Å². The van der Waals surface area contributed by atoms with E-state index in [-0.39, 0.29) is 13.2 Å². The summed E-state index contributed by atoms with van der Waals surface area (Å²) in [5.41, 5.74) is 3.52. The van der Waals surface area contributed by atoms with Gasteiger partial charge in [0, 0.05) is 12.6 Å². The molecule has 2 N–H and O–H groups in total. The summed E-state index contributed by atoms with van der Waals surface area (Å²) in [6, 6.07) is 4.81. The second-order valence-electron chi connectivity index (χ2n) is 6.27. The predicted octanol–water partition coefficient (Wildman–Crippen LogP) is 5.23. The number of ketones is 1. The summed E-state index contributed by atoms with van der Waals surface area (Å²) in [7, 11) is 3.05. The number of benzene rings is 1. The highest BCUT2D eigenvalue weighted by molar-refractivity contribution is 5.95. The van der Waals surface area contributed by atoms with Gasteiger partial charge in [0.1, 0.15) is 11.4 Å². The van der Waals surface area contributed by atoms with Crippen LogP contribution in [0.1, 0.15) is 76.6 Å². The lowest BCUT2D eigenvalue weighted by Gasteiger charge is -2.20. The molecular weight excluding hydrogens is 316 g/mol. The zero-order chi connectivity index (χ0) is 17.9. The van der Waals surface area contributed by atoms with Crippen LogP contribution in [0, 0.1) is 5.92 Å². The van der Waals surface area contributed by atoms with E-state index >= 15 is 0 Å². The van der Waals surface area contributed by atoms with Gasteiger partial charge in [0.15, 0.2) is 5.78 Å². The molecule has 2 rings (SSSR count). The van der Waals surface area contributed by atoms with Crippen LogP contribution in [0.15, 0.2) is 18.2 Å². The molecule has 0 heterocycles. The highest BCUT2D eigenvalue weighted by Crippen LogP contribution is 2.28. The molecule has 1 fully saturated rings. The van der Waals surface area contributed by atoms with Gasteiger partial charge < -0.3 is 4.74 Å². The fourth-order valence-electron chi connectivity index (χ4n) is 3.08. The van der Waals surface area contributed by atoms with Gasteiger partial charge in [0.25, 0.3) is 0 Å². The molecule has 0 aromatic heterocycles. The number of carbonyl (C=O) groups excluding carboxylic acids is 1. The Morgan fingerprint density at radius 3 is 2.44 bits per heavy atom. The highest BCUT2D eigenvalue weighted by atomic mass is 16.5. The third kappa shape index (κ3) is 7.88. The monoisotopic (exact) mass is 352 g/mol. The maximum absolute atomic E-state index is 11.1. The van der Waals surface area contributed by atoms with Crippen molar-refractivity contribution >= 4 is 11.5 Å². The molecule has 5 nitrogen and oxygen atoms in total. The van der Waals surface area contributed by atoms with Crippen molar-refractivity contribution in [3.05, 3.63) is 23.8 Å². The Balaban J connectivity index is 0.000000495. The van der Waals surface area contributed by atoms with Crippen LogP contribution in [0.25, 0.3) is 0 Å². The van der Waals surface area contributed by atoms with Crippen molar-refractivity contribution < 1.29 is 14.7 Å². The van der Waals surface area contributed by atoms with Gasteiger partial charge in [0.2, 0.25) is 0 Å². The van der Waals surface area contributed by atoms with Crippen molar-refractivity contribution in [2.24, 2.45) is 5.92 Å². The Kier molecular flexibility index (Phi) is 11.9. The van der Waals surface area contributed by atoms with Crippen LogP contribution >= 0.6 is 0 Å². The fourth-order valence-corrected chi connectivity index (χ4v) is 3.08. The van der Waals surface area contributed by atoms with Crippen LogP contribution in [-0.4, -0.2) is 25.1 Å². The molecule has 1 aromatic carbocycles. The van der Waals surface area contributed by atoms with Crippen molar-refractivity contribution in [3.63, 3.8) is 0 Å². The number of nitrogens with one attached hydrogen (secondary N) is 1. The fraction of sp³-hybridized carbons (Fsp3) is 0.650. The average molecular weight is 353 g/mol. The third-order valence-corrected chi connectivity index (χ3v) is 4.45. The van der Waals surface area contributed by atoms with Gasteiger partial charge in [-0.05, 0) is 31.0 Å². The number of hydrogen-bond acceptors (Lipinski definition) is 5. The Morgan fingerprint density at radius 1 is 1.32 bits per heavy atom. The molecule has 0 spiro atoms. The quantitative estimate of drug-likeness (QED) is 0.542. The molecule has 1 aromatic rings. The molecule has 0 saturated heterocycles. The van der Waals surface area contributed by atoms with Gasteiger partial charge >= 0.3 is 0 Å². The highest BCUT2D eigenvalue weighted by Gasteiger charge is 2.11. The van der Waals surface area contributed by atoms with E-state index in [9.17, 15) is 10.0 Å². The average Bonchev–Trinajstić information content (AvgIpc) is 2.62. The minimum Gasteiger partial charge on any atom is -0.494 e. The second kappa shape index (κ2) is 12.7. The lowest BCUT2D eigenvalue weighted by molar-refractivity contribution is 0.101. The Morgan fingerprint density at radius 2 is 1.96 bits per heavy atom. The Labute approximate surface area is 153 Å². The zero-order valence-corrected chi connectivity index (χ0v) is 15.5. The summed E-state index contributed by atoms with van der Waals surface area (Å²) in [4.78, 5) is 11.1. The minimum absolute atomic E-state index is 0. The number of methoxy groups -OCH3 is 1. The van der Waals surface area contributed by atoms with Crippen LogP contribution in [-0.2, 0) is 0 Å². The van der Waals surface area contributed by atoms with E-state index < -0.39 is 0 Å². The molecule has 0 bridgehead atoms. The maximum Gasteiger partial charge on any atom is 0.159 e. The van der Waals surface area contributed by atoms with E-state index in [1.54, 1.807) is 25.2 Å². The number of anilines is 1. The zero-order valence-electron chi connectivity index (χ0n) is 15.5. The van der Waals surface area contributed by atoms with Gasteiger partial charge in [-0.3, -0.25) is 10.0 Å².